The van der Waals surface area contributed by atoms with Gasteiger partial charge in [-0.1, -0.05) is 23.4 Å². The number of hydrogen-bond acceptors (Lipinski definition) is 4. The van der Waals surface area contributed by atoms with Crippen LogP contribution in [0.15, 0.2) is 22.7 Å². The first-order chi connectivity index (χ1) is 9.16. The Hall–Kier alpha value is -1.81. The topological polar surface area (TPSA) is 61.3 Å². The van der Waals surface area contributed by atoms with Gasteiger partial charge in [-0.2, -0.15) is 0 Å². The second kappa shape index (κ2) is 4.70. The molecular formula is C15H18N2O2. The van der Waals surface area contributed by atoms with Gasteiger partial charge in [-0.15, -0.1) is 0 Å². The molecule has 19 heavy (non-hydrogen) atoms. The zero-order valence-electron chi connectivity index (χ0n) is 11.3. The molecule has 0 radical (unpaired) electrons. The number of nitrogen functional groups attached to an aromatic ring is 1. The van der Waals surface area contributed by atoms with E-state index < -0.39 is 0 Å². The summed E-state index contributed by atoms with van der Waals surface area (Å²) in [5, 5.41) is 4.10. The molecule has 0 amide bonds. The molecule has 0 aliphatic carbocycles. The molecule has 1 aliphatic heterocycles. The number of aryl methyl sites for hydroxylation is 2. The van der Waals surface area contributed by atoms with Crippen LogP contribution in [0.3, 0.4) is 0 Å². The quantitative estimate of drug-likeness (QED) is 0.896. The molecule has 100 valence electrons. The molecule has 0 saturated carbocycles. The molecule has 1 atom stereocenters. The minimum Gasteiger partial charge on any atom is -0.372 e. The van der Waals surface area contributed by atoms with Gasteiger partial charge >= 0.3 is 0 Å². The standard InChI is InChI=1S/C15H18N2O2/c1-9-5-6-11(8-10(9)2)13-14(17-19-15(13)16)12-4-3-7-18-12/h5-6,8,12H,3-4,7,16H2,1-2H3. The van der Waals surface area contributed by atoms with Gasteiger partial charge in [0.25, 0.3) is 0 Å². The van der Waals surface area contributed by atoms with Crippen LogP contribution in [0.5, 0.6) is 0 Å². The number of nitrogens with two attached hydrogens (primary N) is 1. The predicted molar refractivity (Wildman–Crippen MR) is 73.8 cm³/mol. The molecule has 2 aromatic rings. The summed E-state index contributed by atoms with van der Waals surface area (Å²) in [5.41, 5.74) is 11.2. The molecule has 3 rings (SSSR count). The van der Waals surface area contributed by atoms with E-state index in [0.717, 1.165) is 36.3 Å². The fourth-order valence-electron chi connectivity index (χ4n) is 2.52. The van der Waals surface area contributed by atoms with Crippen molar-refractivity contribution in [2.24, 2.45) is 0 Å². The molecule has 1 unspecified atom stereocenters. The van der Waals surface area contributed by atoms with Crippen LogP contribution in [-0.2, 0) is 4.74 Å². The SMILES string of the molecule is Cc1ccc(-c2c(C3CCCO3)noc2N)cc1C. The van der Waals surface area contributed by atoms with Crippen molar-refractivity contribution in [2.75, 3.05) is 12.3 Å². The van der Waals surface area contributed by atoms with Crippen molar-refractivity contribution >= 4 is 5.88 Å². The first-order valence-electron chi connectivity index (χ1n) is 6.61. The lowest BCUT2D eigenvalue weighted by Crippen LogP contribution is -1.99. The Kier molecular flexibility index (Phi) is 3.03. The van der Waals surface area contributed by atoms with Crippen LogP contribution in [0.25, 0.3) is 11.1 Å². The predicted octanol–water partition coefficient (Wildman–Crippen LogP) is 3.39. The number of aromatic nitrogens is 1. The van der Waals surface area contributed by atoms with Crippen LogP contribution < -0.4 is 5.73 Å². The Bertz CT molecular complexity index is 598. The Morgan fingerprint density at radius 1 is 1.26 bits per heavy atom. The molecular weight excluding hydrogens is 240 g/mol. The lowest BCUT2D eigenvalue weighted by atomic mass is 9.98. The van der Waals surface area contributed by atoms with E-state index in [9.17, 15) is 0 Å². The first kappa shape index (κ1) is 12.2. The van der Waals surface area contributed by atoms with Crippen molar-refractivity contribution in [1.82, 2.24) is 5.16 Å². The van der Waals surface area contributed by atoms with Gasteiger partial charge in [0, 0.05) is 6.61 Å². The highest BCUT2D eigenvalue weighted by molar-refractivity contribution is 5.76. The van der Waals surface area contributed by atoms with Crippen molar-refractivity contribution in [1.29, 1.82) is 0 Å². The Labute approximate surface area is 112 Å². The molecule has 2 N–H and O–H groups in total. The summed E-state index contributed by atoms with van der Waals surface area (Å²) in [7, 11) is 0. The third-order valence-corrected chi connectivity index (χ3v) is 3.78. The van der Waals surface area contributed by atoms with E-state index in [4.69, 9.17) is 15.0 Å². The highest BCUT2D eigenvalue weighted by atomic mass is 16.5. The number of benzene rings is 1. The van der Waals surface area contributed by atoms with Crippen molar-refractivity contribution in [3.8, 4) is 11.1 Å². The zero-order chi connectivity index (χ0) is 13.4. The van der Waals surface area contributed by atoms with Crippen LogP contribution in [0.1, 0.15) is 35.8 Å². The molecule has 1 aromatic carbocycles. The van der Waals surface area contributed by atoms with Crippen molar-refractivity contribution < 1.29 is 9.26 Å². The summed E-state index contributed by atoms with van der Waals surface area (Å²) in [4.78, 5) is 0. The number of nitrogens with zero attached hydrogens (tertiary/aromatic N) is 1. The fourth-order valence-corrected chi connectivity index (χ4v) is 2.52. The molecule has 4 heteroatoms. The highest BCUT2D eigenvalue weighted by Crippen LogP contribution is 2.38. The molecule has 1 saturated heterocycles. The zero-order valence-corrected chi connectivity index (χ0v) is 11.3. The maximum Gasteiger partial charge on any atom is 0.230 e. The summed E-state index contributed by atoms with van der Waals surface area (Å²) in [6.45, 7) is 4.97. The van der Waals surface area contributed by atoms with Crippen LogP contribution in [0, 0.1) is 13.8 Å². The minimum absolute atomic E-state index is 0.0117. The van der Waals surface area contributed by atoms with E-state index in [0.29, 0.717) is 5.88 Å². The largest absolute Gasteiger partial charge is 0.372 e. The second-order valence-corrected chi connectivity index (χ2v) is 5.11. The summed E-state index contributed by atoms with van der Waals surface area (Å²) in [6.07, 6.45) is 2.05. The smallest absolute Gasteiger partial charge is 0.230 e. The summed E-state index contributed by atoms with van der Waals surface area (Å²) < 4.78 is 10.9. The van der Waals surface area contributed by atoms with Gasteiger partial charge < -0.3 is 15.0 Å². The average Bonchev–Trinajstić information content (AvgIpc) is 3.01. The monoisotopic (exact) mass is 258 g/mol. The van der Waals surface area contributed by atoms with E-state index >= 15 is 0 Å². The molecule has 4 nitrogen and oxygen atoms in total. The van der Waals surface area contributed by atoms with Gasteiger partial charge in [0.05, 0.1) is 5.56 Å². The van der Waals surface area contributed by atoms with E-state index in [1.54, 1.807) is 0 Å². The number of hydrogen-bond donors (Lipinski definition) is 1. The molecule has 1 fully saturated rings. The maximum atomic E-state index is 5.94. The molecule has 0 spiro atoms. The molecule has 1 aromatic heterocycles. The van der Waals surface area contributed by atoms with Gasteiger partial charge in [0.2, 0.25) is 5.88 Å². The van der Waals surface area contributed by atoms with Crippen molar-refractivity contribution in [3.05, 3.63) is 35.0 Å². The van der Waals surface area contributed by atoms with Gasteiger partial charge in [-0.05, 0) is 43.4 Å². The Morgan fingerprint density at radius 2 is 2.11 bits per heavy atom. The lowest BCUT2D eigenvalue weighted by molar-refractivity contribution is 0.106. The van der Waals surface area contributed by atoms with Crippen molar-refractivity contribution in [3.63, 3.8) is 0 Å². The van der Waals surface area contributed by atoms with Crippen molar-refractivity contribution in [2.45, 2.75) is 32.8 Å². The Balaban J connectivity index is 2.08. The fraction of sp³-hybridized carbons (Fsp3) is 0.400. The van der Waals surface area contributed by atoms with E-state index in [2.05, 4.69) is 37.2 Å². The molecule has 0 bridgehead atoms. The van der Waals surface area contributed by atoms with E-state index in [1.165, 1.54) is 11.1 Å². The van der Waals surface area contributed by atoms with E-state index in [-0.39, 0.29) is 6.10 Å². The lowest BCUT2D eigenvalue weighted by Gasteiger charge is -2.09. The maximum absolute atomic E-state index is 5.94. The number of ether oxygens (including phenoxy) is 1. The van der Waals surface area contributed by atoms with Gasteiger partial charge in [0.15, 0.2) is 0 Å². The van der Waals surface area contributed by atoms with Gasteiger partial charge in [-0.25, -0.2) is 0 Å². The second-order valence-electron chi connectivity index (χ2n) is 5.11. The number of rotatable bonds is 2. The summed E-state index contributed by atoms with van der Waals surface area (Å²) in [5.74, 6) is 0.369. The third kappa shape index (κ3) is 2.12. The van der Waals surface area contributed by atoms with E-state index in [1.807, 2.05) is 0 Å². The van der Waals surface area contributed by atoms with Crippen LogP contribution >= 0.6 is 0 Å². The van der Waals surface area contributed by atoms with Crippen LogP contribution in [0.4, 0.5) is 5.88 Å². The molecule has 1 aliphatic rings. The van der Waals surface area contributed by atoms with Gasteiger partial charge in [-0.3, -0.25) is 0 Å². The molecule has 2 heterocycles. The minimum atomic E-state index is 0.0117. The summed E-state index contributed by atoms with van der Waals surface area (Å²) in [6, 6.07) is 6.27. The average molecular weight is 258 g/mol. The van der Waals surface area contributed by atoms with Gasteiger partial charge in [0.1, 0.15) is 11.8 Å². The highest BCUT2D eigenvalue weighted by Gasteiger charge is 2.27. The third-order valence-electron chi connectivity index (χ3n) is 3.78. The first-order valence-corrected chi connectivity index (χ1v) is 6.61. The van der Waals surface area contributed by atoms with Crippen LogP contribution in [0.2, 0.25) is 0 Å². The summed E-state index contributed by atoms with van der Waals surface area (Å²) >= 11 is 0. The number of anilines is 1. The Morgan fingerprint density at radius 3 is 2.79 bits per heavy atom. The normalized spacial score (nSPS) is 18.9. The van der Waals surface area contributed by atoms with Crippen LogP contribution in [-0.4, -0.2) is 11.8 Å².